The maximum atomic E-state index is 5.87. The van der Waals surface area contributed by atoms with Gasteiger partial charge in [-0.3, -0.25) is 0 Å². The van der Waals surface area contributed by atoms with Crippen molar-refractivity contribution in [3.05, 3.63) is 71.8 Å². The van der Waals surface area contributed by atoms with Crippen molar-refractivity contribution in [3.63, 3.8) is 0 Å². The molecule has 2 aromatic carbocycles. The Morgan fingerprint density at radius 3 is 2.33 bits per heavy atom. The molecule has 0 spiro atoms. The normalized spacial score (nSPS) is 14.0. The van der Waals surface area contributed by atoms with E-state index in [2.05, 4.69) is 60.2 Å². The highest BCUT2D eigenvalue weighted by molar-refractivity contribution is 5.84. The molecule has 1 saturated heterocycles. The van der Waals surface area contributed by atoms with E-state index in [1.807, 2.05) is 18.2 Å². The van der Waals surface area contributed by atoms with E-state index in [9.17, 15) is 0 Å². The van der Waals surface area contributed by atoms with Crippen molar-refractivity contribution in [2.45, 2.75) is 6.92 Å². The predicted octanol–water partition coefficient (Wildman–Crippen LogP) is 4.54. The van der Waals surface area contributed by atoms with Gasteiger partial charge in [-0.2, -0.15) is 0 Å². The first kappa shape index (κ1) is 17.3. The van der Waals surface area contributed by atoms with E-state index >= 15 is 0 Å². The second-order valence-electron chi connectivity index (χ2n) is 6.73. The van der Waals surface area contributed by atoms with Crippen molar-refractivity contribution < 1.29 is 4.74 Å². The molecule has 1 aromatic heterocycles. The molecule has 27 heavy (non-hydrogen) atoms. The Labute approximate surface area is 160 Å². The summed E-state index contributed by atoms with van der Waals surface area (Å²) in [6.45, 7) is 5.10. The molecule has 0 saturated carbocycles. The van der Waals surface area contributed by atoms with Crippen molar-refractivity contribution in [1.82, 2.24) is 4.98 Å². The predicted molar refractivity (Wildman–Crippen MR) is 111 cm³/mol. The van der Waals surface area contributed by atoms with Gasteiger partial charge in [-0.05, 0) is 18.6 Å². The van der Waals surface area contributed by atoms with Crippen LogP contribution in [-0.2, 0) is 4.74 Å². The largest absolute Gasteiger partial charge is 0.378 e. The second-order valence-corrected chi connectivity index (χ2v) is 6.73. The van der Waals surface area contributed by atoms with Gasteiger partial charge in [0, 0.05) is 24.2 Å². The highest BCUT2D eigenvalue weighted by atomic mass is 16.5. The Morgan fingerprint density at radius 2 is 1.67 bits per heavy atom. The molecule has 0 N–H and O–H groups in total. The number of pyridine rings is 1. The molecule has 134 valence electrons. The number of hydrogen-bond acceptors (Lipinski definition) is 3. The number of hydrogen-bond donors (Lipinski definition) is 0. The number of nitrogens with zero attached hydrogens (tertiary/aromatic N) is 2. The summed E-state index contributed by atoms with van der Waals surface area (Å²) in [7, 11) is 0. The molecule has 0 atom stereocenters. The molecule has 1 aliphatic rings. The molecule has 0 aliphatic carbocycles. The monoisotopic (exact) mass is 354 g/mol. The Kier molecular flexibility index (Phi) is 4.91. The number of aryl methyl sites for hydroxylation is 1. The van der Waals surface area contributed by atoms with Gasteiger partial charge in [0.1, 0.15) is 5.82 Å². The van der Waals surface area contributed by atoms with Crippen LogP contribution in [0.5, 0.6) is 0 Å². The van der Waals surface area contributed by atoms with Crippen molar-refractivity contribution in [3.8, 4) is 34.7 Å². The van der Waals surface area contributed by atoms with Crippen LogP contribution in [0.1, 0.15) is 11.1 Å². The summed E-state index contributed by atoms with van der Waals surface area (Å²) >= 11 is 0. The standard InChI is InChI=1S/C24H22N2O/c1-3-19-17-22(20-11-9-18(2)10-12-20)23(21-7-5-4-6-8-21)25-24(19)26-13-15-27-16-14-26/h1,4-12,17H,13-16H2,2H3. The Morgan fingerprint density at radius 1 is 0.963 bits per heavy atom. The van der Waals surface area contributed by atoms with Gasteiger partial charge < -0.3 is 9.64 Å². The van der Waals surface area contributed by atoms with Crippen molar-refractivity contribution >= 4 is 5.82 Å². The lowest BCUT2D eigenvalue weighted by Crippen LogP contribution is -2.37. The van der Waals surface area contributed by atoms with Gasteiger partial charge in [-0.15, -0.1) is 6.42 Å². The summed E-state index contributed by atoms with van der Waals surface area (Å²) < 4.78 is 5.49. The zero-order valence-corrected chi connectivity index (χ0v) is 15.5. The lowest BCUT2D eigenvalue weighted by molar-refractivity contribution is 0.122. The lowest BCUT2D eigenvalue weighted by Gasteiger charge is -2.29. The summed E-state index contributed by atoms with van der Waals surface area (Å²) in [4.78, 5) is 7.29. The minimum absolute atomic E-state index is 0.700. The highest BCUT2D eigenvalue weighted by Gasteiger charge is 2.20. The average molecular weight is 354 g/mol. The molecular weight excluding hydrogens is 332 g/mol. The molecular formula is C24H22N2O. The molecule has 0 radical (unpaired) electrons. The third-order valence-electron chi connectivity index (χ3n) is 4.88. The summed E-state index contributed by atoms with van der Waals surface area (Å²) in [6, 6.07) is 20.9. The maximum absolute atomic E-state index is 5.87. The molecule has 1 fully saturated rings. The number of ether oxygens (including phenoxy) is 1. The fourth-order valence-corrected chi connectivity index (χ4v) is 3.40. The summed E-state index contributed by atoms with van der Waals surface area (Å²) in [6.07, 6.45) is 5.87. The maximum Gasteiger partial charge on any atom is 0.145 e. The third-order valence-corrected chi connectivity index (χ3v) is 4.88. The summed E-state index contributed by atoms with van der Waals surface area (Å²) in [5, 5.41) is 0. The van der Waals surface area contributed by atoms with E-state index in [4.69, 9.17) is 16.1 Å². The van der Waals surface area contributed by atoms with Gasteiger partial charge in [-0.25, -0.2) is 4.98 Å². The van der Waals surface area contributed by atoms with E-state index in [0.29, 0.717) is 13.2 Å². The van der Waals surface area contributed by atoms with Crippen LogP contribution in [0.25, 0.3) is 22.4 Å². The van der Waals surface area contributed by atoms with Crippen LogP contribution in [0.4, 0.5) is 5.82 Å². The zero-order valence-electron chi connectivity index (χ0n) is 15.5. The fourth-order valence-electron chi connectivity index (χ4n) is 3.40. The molecule has 2 heterocycles. The first-order valence-electron chi connectivity index (χ1n) is 9.23. The quantitative estimate of drug-likeness (QED) is 0.646. The van der Waals surface area contributed by atoms with Crippen molar-refractivity contribution in [1.29, 1.82) is 0 Å². The first-order valence-corrected chi connectivity index (χ1v) is 9.23. The van der Waals surface area contributed by atoms with Gasteiger partial charge in [0.25, 0.3) is 0 Å². The van der Waals surface area contributed by atoms with E-state index in [0.717, 1.165) is 46.9 Å². The first-order chi connectivity index (χ1) is 13.3. The van der Waals surface area contributed by atoms with Gasteiger partial charge in [0.2, 0.25) is 0 Å². The molecule has 3 nitrogen and oxygen atoms in total. The average Bonchev–Trinajstić information content (AvgIpc) is 2.74. The molecule has 3 heteroatoms. The number of morpholine rings is 1. The van der Waals surface area contributed by atoms with Gasteiger partial charge in [-0.1, -0.05) is 66.1 Å². The molecule has 0 unspecified atom stereocenters. The van der Waals surface area contributed by atoms with Crippen LogP contribution in [0.3, 0.4) is 0 Å². The van der Waals surface area contributed by atoms with E-state index < -0.39 is 0 Å². The van der Waals surface area contributed by atoms with Gasteiger partial charge in [0.05, 0.1) is 24.5 Å². The Hall–Kier alpha value is -3.09. The summed E-state index contributed by atoms with van der Waals surface area (Å²) in [5.74, 6) is 3.72. The van der Waals surface area contributed by atoms with Crippen molar-refractivity contribution in [2.24, 2.45) is 0 Å². The van der Waals surface area contributed by atoms with E-state index in [1.165, 1.54) is 5.56 Å². The number of rotatable bonds is 3. The minimum Gasteiger partial charge on any atom is -0.378 e. The van der Waals surface area contributed by atoms with E-state index in [1.54, 1.807) is 0 Å². The van der Waals surface area contributed by atoms with Gasteiger partial charge >= 0.3 is 0 Å². The smallest absolute Gasteiger partial charge is 0.145 e. The molecule has 4 rings (SSSR count). The second kappa shape index (κ2) is 7.65. The number of anilines is 1. The molecule has 3 aromatic rings. The third kappa shape index (κ3) is 3.58. The van der Waals surface area contributed by atoms with Crippen LogP contribution in [0.15, 0.2) is 60.7 Å². The van der Waals surface area contributed by atoms with E-state index in [-0.39, 0.29) is 0 Å². The van der Waals surface area contributed by atoms with Crippen LogP contribution >= 0.6 is 0 Å². The SMILES string of the molecule is C#Cc1cc(-c2ccc(C)cc2)c(-c2ccccc2)nc1N1CCOCC1. The van der Waals surface area contributed by atoms with Crippen LogP contribution in [-0.4, -0.2) is 31.3 Å². The molecule has 0 amide bonds. The zero-order chi connectivity index (χ0) is 18.6. The number of benzene rings is 2. The number of terminal acetylenes is 1. The minimum atomic E-state index is 0.700. The van der Waals surface area contributed by atoms with Crippen LogP contribution in [0, 0.1) is 19.3 Å². The van der Waals surface area contributed by atoms with Crippen LogP contribution < -0.4 is 4.90 Å². The summed E-state index contributed by atoms with van der Waals surface area (Å²) in [5.41, 5.74) is 6.29. The Bertz CT molecular complexity index is 966. The van der Waals surface area contributed by atoms with Crippen molar-refractivity contribution in [2.75, 3.05) is 31.2 Å². The highest BCUT2D eigenvalue weighted by Crippen LogP contribution is 2.35. The fraction of sp³-hybridized carbons (Fsp3) is 0.208. The van der Waals surface area contributed by atoms with Crippen LogP contribution in [0.2, 0.25) is 0 Å². The Balaban J connectivity index is 1.92. The topological polar surface area (TPSA) is 25.4 Å². The molecule has 0 bridgehead atoms. The molecule has 1 aliphatic heterocycles. The lowest BCUT2D eigenvalue weighted by atomic mass is 9.96. The number of aromatic nitrogens is 1. The van der Waals surface area contributed by atoms with Gasteiger partial charge in [0.15, 0.2) is 0 Å².